The maximum atomic E-state index is 5.48. The standard InChI is InChI=1S/C23H30N2.C11H11N.C9H6BrN.C5H4ClN.C4H8O.2C2H5.CH3.2ClH.2Pd.Zn/c1-16(2)20-11-8-12-21(17(3)4)23(20)25-14-13-24(15-25)22-18(5)9-7-10-19(22)6;1-2-10-8-7-9-5-3-4-6-11(9)12-10;10-9-6-5-7-3-1-2-4-8(7)11-9;6-5-2-1-3-7-4-5;1-2-4-5-3-1;2*1-2;;;;;;/h7-14,16-17H,15H2,1-6H3;3-8H,2H2,1H3;1-6H;1-4H;1-4H2;2*1H2,2H3;1H3;2*1H;;;/q;;;;;3*-1;;;;2*+2/p-2. The van der Waals surface area contributed by atoms with Crippen molar-refractivity contribution in [3.05, 3.63) is 205 Å². The van der Waals surface area contributed by atoms with Crippen LogP contribution >= 0.6 is 46.6 Å². The maximum absolute atomic E-state index is 5.48. The predicted octanol–water partition coefficient (Wildman–Crippen LogP) is 18.1. The second-order valence-electron chi connectivity index (χ2n) is 15.4. The van der Waals surface area contributed by atoms with E-state index in [1.165, 1.54) is 57.2 Å². The Kier molecular flexibility index (Phi) is 40.6. The Hall–Kier alpha value is -2.55. The van der Waals surface area contributed by atoms with Gasteiger partial charge in [-0.1, -0.05) is 131 Å². The molecule has 2 aliphatic heterocycles. The summed E-state index contributed by atoms with van der Waals surface area (Å²) >= 11 is 8.69. The SMILES string of the molecule is Brc1ccc2ccccc2n1.C1CCOC1.CCc1ccc2ccccc2n1.Cc1cccc(C)c1N1C=CN(c2c(C(C)C)cccc2C(C)C)C1.Clc1cccnc1.[CH2-]C.[CH2-]C.[CH3-].[Cl][Pd][Cl].[Pd].[Zn+2]. The molecular weight excluding hydrogens is 1240 g/mol. The second kappa shape index (κ2) is 40.9. The largest absolute Gasteiger partial charge is 2.00 e. The van der Waals surface area contributed by atoms with Crippen molar-refractivity contribution in [1.82, 2.24) is 15.0 Å². The van der Waals surface area contributed by atoms with E-state index < -0.39 is 0 Å². The van der Waals surface area contributed by atoms with Crippen LogP contribution in [0.15, 0.2) is 151 Å². The summed E-state index contributed by atoms with van der Waals surface area (Å²) in [6.45, 7) is 28.5. The summed E-state index contributed by atoms with van der Waals surface area (Å²) in [5, 5.41) is 3.08. The van der Waals surface area contributed by atoms with Gasteiger partial charge < -0.3 is 35.8 Å². The van der Waals surface area contributed by atoms with Crippen LogP contribution in [0.2, 0.25) is 5.02 Å². The van der Waals surface area contributed by atoms with Gasteiger partial charge in [0.2, 0.25) is 0 Å². The van der Waals surface area contributed by atoms with Gasteiger partial charge in [-0.2, -0.15) is 13.8 Å². The molecule has 13 heteroatoms. The van der Waals surface area contributed by atoms with Gasteiger partial charge in [0.1, 0.15) is 4.60 Å². The number of anilines is 2. The van der Waals surface area contributed by atoms with Crippen LogP contribution in [-0.4, -0.2) is 34.8 Å². The summed E-state index contributed by atoms with van der Waals surface area (Å²) in [6.07, 6.45) is 11.3. The Labute approximate surface area is 478 Å². The minimum Gasteiger partial charge on any atom is 0 e. The predicted molar refractivity (Wildman–Crippen MR) is 300 cm³/mol. The Balaban J connectivity index is 0. The summed E-state index contributed by atoms with van der Waals surface area (Å²) < 4.78 is 5.83. The molecule has 0 aliphatic carbocycles. The van der Waals surface area contributed by atoms with Gasteiger partial charge in [0.15, 0.2) is 0 Å². The van der Waals surface area contributed by atoms with E-state index in [2.05, 4.69) is 182 Å². The van der Waals surface area contributed by atoms with Crippen molar-refractivity contribution in [2.75, 3.05) is 29.7 Å². The van der Waals surface area contributed by atoms with Crippen LogP contribution in [0.1, 0.15) is 101 Å². The topological polar surface area (TPSA) is 54.4 Å². The number of hydrogen-bond acceptors (Lipinski definition) is 6. The van der Waals surface area contributed by atoms with Gasteiger partial charge in [-0.25, -0.2) is 4.98 Å². The molecule has 7 aromatic rings. The van der Waals surface area contributed by atoms with E-state index in [9.17, 15) is 0 Å². The number of hydrogen-bond donors (Lipinski definition) is 0. The molecule has 0 unspecified atom stereocenters. The Morgan fingerprint density at radius 3 is 1.56 bits per heavy atom. The van der Waals surface area contributed by atoms with Crippen LogP contribution < -0.4 is 9.80 Å². The first-order valence-electron chi connectivity index (χ1n) is 22.6. The summed E-state index contributed by atoms with van der Waals surface area (Å²) in [4.78, 5) is 17.3. The van der Waals surface area contributed by atoms with E-state index in [-0.39, 0.29) is 63.3 Å². The van der Waals surface area contributed by atoms with Crippen LogP contribution in [0.4, 0.5) is 11.4 Å². The van der Waals surface area contributed by atoms with Crippen LogP contribution in [0.5, 0.6) is 0 Å². The van der Waals surface area contributed by atoms with E-state index in [1.807, 2.05) is 42.5 Å². The fraction of sp³-hybridized carbons (Fsp3) is 0.298. The molecule has 2 aliphatic rings. The molecule has 1 saturated heterocycles. The number of para-hydroxylation sites is 4. The molecule has 9 rings (SSSR count). The second-order valence-corrected chi connectivity index (χ2v) is 19.0. The van der Waals surface area contributed by atoms with Gasteiger partial charge in [0, 0.05) is 86.3 Å². The quantitative estimate of drug-likeness (QED) is 0.0972. The zero-order valence-electron chi connectivity index (χ0n) is 42.7. The molecule has 1 fully saturated rings. The van der Waals surface area contributed by atoms with Crippen LogP contribution in [0, 0.1) is 35.1 Å². The number of ether oxygens (including phenoxy) is 1. The number of nitrogens with zero attached hydrogens (tertiary/aromatic N) is 5. The maximum Gasteiger partial charge on any atom is 2.00 e. The molecule has 382 valence electrons. The van der Waals surface area contributed by atoms with E-state index in [0.717, 1.165) is 47.6 Å². The molecule has 0 spiro atoms. The van der Waals surface area contributed by atoms with Crippen molar-refractivity contribution in [2.45, 2.75) is 93.4 Å². The summed E-state index contributed by atoms with van der Waals surface area (Å²) in [5.41, 5.74) is 11.5. The third-order valence-corrected chi connectivity index (χ3v) is 10.8. The number of fused-ring (bicyclic) bond motifs is 2. The number of aromatic nitrogens is 3. The first-order valence-corrected chi connectivity index (χ1v) is 27.8. The third kappa shape index (κ3) is 24.4. The van der Waals surface area contributed by atoms with Crippen LogP contribution in [0.25, 0.3) is 21.8 Å². The number of rotatable bonds is 5. The Bertz CT molecular complexity index is 2410. The molecule has 0 bridgehead atoms. The third-order valence-electron chi connectivity index (χ3n) is 10.1. The van der Waals surface area contributed by atoms with Crippen molar-refractivity contribution in [2.24, 2.45) is 0 Å². The molecule has 0 N–H and O–H groups in total. The van der Waals surface area contributed by atoms with Crippen molar-refractivity contribution in [3.63, 3.8) is 0 Å². The summed E-state index contributed by atoms with van der Waals surface area (Å²) in [5.74, 6) is 1.02. The molecule has 0 saturated carbocycles. The molecular formula is C57H72BrCl3N5OPd2Zn-. The van der Waals surface area contributed by atoms with Gasteiger partial charge in [-0.05, 0) is 120 Å². The van der Waals surface area contributed by atoms with Gasteiger partial charge in [0.05, 0.1) is 22.7 Å². The molecule has 0 atom stereocenters. The fourth-order valence-corrected chi connectivity index (χ4v) is 7.46. The van der Waals surface area contributed by atoms with Crippen molar-refractivity contribution in [1.29, 1.82) is 0 Å². The van der Waals surface area contributed by atoms with Gasteiger partial charge in [-0.15, -0.1) is 0 Å². The molecule has 4 aromatic carbocycles. The molecule has 5 heterocycles. The minimum absolute atomic E-state index is 0. The van der Waals surface area contributed by atoms with E-state index in [4.69, 9.17) is 35.4 Å². The molecule has 0 amide bonds. The number of pyridine rings is 3. The van der Waals surface area contributed by atoms with Gasteiger partial charge in [-0.3, -0.25) is 9.97 Å². The smallest absolute Gasteiger partial charge is 0 e. The first-order chi connectivity index (χ1) is 32.5. The molecule has 3 aromatic heterocycles. The van der Waals surface area contributed by atoms with Crippen LogP contribution in [-0.2, 0) is 67.0 Å². The van der Waals surface area contributed by atoms with Crippen molar-refractivity contribution >= 4 is 79.8 Å². The van der Waals surface area contributed by atoms with Gasteiger partial charge in [0.25, 0.3) is 0 Å². The van der Waals surface area contributed by atoms with E-state index in [0.29, 0.717) is 16.9 Å². The summed E-state index contributed by atoms with van der Waals surface area (Å²) in [7, 11) is 9.63. The normalized spacial score (nSPS) is 11.6. The number of aryl methyl sites for hydroxylation is 3. The number of halogens is 4. The zero-order chi connectivity index (χ0) is 49.6. The minimum atomic E-state index is -0.106. The Morgan fingerprint density at radius 2 is 1.13 bits per heavy atom. The van der Waals surface area contributed by atoms with Crippen molar-refractivity contribution < 1.29 is 60.6 Å². The van der Waals surface area contributed by atoms with E-state index in [1.54, 1.807) is 38.4 Å². The summed E-state index contributed by atoms with van der Waals surface area (Å²) in [6, 6.07) is 41.3. The monoisotopic (exact) mass is 1300 g/mol. The molecule has 6 nitrogen and oxygen atoms in total. The zero-order valence-corrected chi connectivity index (χ0v) is 52.6. The van der Waals surface area contributed by atoms with Gasteiger partial charge >= 0.3 is 54.5 Å². The average molecular weight is 1310 g/mol. The molecule has 70 heavy (non-hydrogen) atoms. The number of benzene rings is 4. The average Bonchev–Trinajstić information content (AvgIpc) is 4.11. The van der Waals surface area contributed by atoms with E-state index >= 15 is 0 Å². The van der Waals surface area contributed by atoms with Crippen molar-refractivity contribution in [3.8, 4) is 0 Å². The van der Waals surface area contributed by atoms with Crippen LogP contribution in [0.3, 0.4) is 0 Å². The first kappa shape index (κ1) is 69.5. The molecule has 0 radical (unpaired) electrons. The Morgan fingerprint density at radius 1 is 0.657 bits per heavy atom. The fourth-order valence-electron chi connectivity index (χ4n) is 7.01.